The fourth-order valence-corrected chi connectivity index (χ4v) is 4.96. The Balaban J connectivity index is 1.79. The molecule has 3 rings (SSSR count). The number of carboxylic acids is 1. The standard InChI is InChI=1S/C18H15BrF3NO5S/c19-12-2-4-16(15(8-12)18(20,21)22)29(26,27)23-13-5-10-1-3-14(7-11(10)6-13)28-9-17(24)25/h1-4,7-8,13,23H,5-6,9H2,(H,24,25). The van der Waals surface area contributed by atoms with Crippen molar-refractivity contribution in [1.82, 2.24) is 4.72 Å². The molecule has 0 aliphatic heterocycles. The van der Waals surface area contributed by atoms with E-state index in [1.54, 1.807) is 18.2 Å². The number of benzene rings is 2. The first kappa shape index (κ1) is 21.6. The predicted octanol–water partition coefficient (Wildman–Crippen LogP) is 3.38. The zero-order valence-corrected chi connectivity index (χ0v) is 17.1. The van der Waals surface area contributed by atoms with Crippen molar-refractivity contribution in [2.45, 2.75) is 30.0 Å². The first-order valence-electron chi connectivity index (χ1n) is 8.31. The van der Waals surface area contributed by atoms with E-state index in [9.17, 15) is 26.4 Å². The molecule has 0 saturated carbocycles. The second kappa shape index (κ2) is 7.96. The van der Waals surface area contributed by atoms with Gasteiger partial charge in [-0.25, -0.2) is 17.9 Å². The summed E-state index contributed by atoms with van der Waals surface area (Å²) in [6, 6.07) is 7.09. The van der Waals surface area contributed by atoms with E-state index in [2.05, 4.69) is 20.7 Å². The molecule has 0 spiro atoms. The Morgan fingerprint density at radius 2 is 1.86 bits per heavy atom. The van der Waals surface area contributed by atoms with Crippen molar-refractivity contribution in [3.05, 3.63) is 57.6 Å². The minimum Gasteiger partial charge on any atom is -0.482 e. The molecular weight excluding hydrogens is 479 g/mol. The summed E-state index contributed by atoms with van der Waals surface area (Å²) in [6.07, 6.45) is -4.29. The lowest BCUT2D eigenvalue weighted by molar-refractivity contribution is -0.140. The molecule has 2 aromatic rings. The fourth-order valence-electron chi connectivity index (χ4n) is 3.15. The van der Waals surface area contributed by atoms with E-state index in [0.717, 1.165) is 23.3 Å². The lowest BCUT2D eigenvalue weighted by Crippen LogP contribution is -2.36. The molecule has 1 aliphatic rings. The van der Waals surface area contributed by atoms with Crippen LogP contribution in [0.15, 0.2) is 45.8 Å². The summed E-state index contributed by atoms with van der Waals surface area (Å²) in [5.41, 5.74) is 0.305. The van der Waals surface area contributed by atoms with E-state index in [4.69, 9.17) is 9.84 Å². The van der Waals surface area contributed by atoms with Crippen molar-refractivity contribution in [2.24, 2.45) is 0 Å². The van der Waals surface area contributed by atoms with E-state index in [0.29, 0.717) is 12.2 Å². The number of sulfonamides is 1. The molecule has 29 heavy (non-hydrogen) atoms. The zero-order chi connectivity index (χ0) is 21.4. The van der Waals surface area contributed by atoms with Crippen molar-refractivity contribution >= 4 is 31.9 Å². The first-order valence-corrected chi connectivity index (χ1v) is 10.6. The maximum atomic E-state index is 13.3. The third-order valence-electron chi connectivity index (χ3n) is 4.33. The number of aliphatic carboxylic acids is 1. The second-order valence-electron chi connectivity index (χ2n) is 6.48. The number of nitrogens with one attached hydrogen (secondary N) is 1. The van der Waals surface area contributed by atoms with Crippen LogP contribution in [-0.2, 0) is 33.8 Å². The van der Waals surface area contributed by atoms with Gasteiger partial charge in [-0.2, -0.15) is 13.2 Å². The summed E-state index contributed by atoms with van der Waals surface area (Å²) >= 11 is 2.93. The van der Waals surface area contributed by atoms with Crippen molar-refractivity contribution < 1.29 is 36.2 Å². The third kappa shape index (κ3) is 5.09. The summed E-state index contributed by atoms with van der Waals surface area (Å²) < 4.78 is 72.7. The SMILES string of the molecule is O=C(O)COc1ccc2c(c1)CC(NS(=O)(=O)c1ccc(Br)cc1C(F)(F)F)C2. The molecule has 156 valence electrons. The van der Waals surface area contributed by atoms with Crippen LogP contribution in [0.25, 0.3) is 0 Å². The average Bonchev–Trinajstić information content (AvgIpc) is 2.99. The molecule has 1 unspecified atom stereocenters. The normalized spacial score (nSPS) is 16.5. The molecular formula is C18H15BrF3NO5S. The molecule has 11 heteroatoms. The van der Waals surface area contributed by atoms with Gasteiger partial charge in [0.25, 0.3) is 0 Å². The van der Waals surface area contributed by atoms with Gasteiger partial charge in [-0.05, 0) is 54.3 Å². The fraction of sp³-hybridized carbons (Fsp3) is 0.278. The van der Waals surface area contributed by atoms with Crippen LogP contribution in [0.5, 0.6) is 5.75 Å². The number of halogens is 4. The smallest absolute Gasteiger partial charge is 0.417 e. The molecule has 1 atom stereocenters. The Morgan fingerprint density at radius 1 is 1.17 bits per heavy atom. The van der Waals surface area contributed by atoms with Crippen LogP contribution in [0.2, 0.25) is 0 Å². The van der Waals surface area contributed by atoms with E-state index in [-0.39, 0.29) is 10.9 Å². The van der Waals surface area contributed by atoms with Gasteiger partial charge < -0.3 is 9.84 Å². The molecule has 0 heterocycles. The van der Waals surface area contributed by atoms with Gasteiger partial charge in [-0.15, -0.1) is 0 Å². The highest BCUT2D eigenvalue weighted by Crippen LogP contribution is 2.36. The largest absolute Gasteiger partial charge is 0.482 e. The minimum atomic E-state index is -4.83. The highest BCUT2D eigenvalue weighted by molar-refractivity contribution is 9.10. The highest BCUT2D eigenvalue weighted by Gasteiger charge is 2.38. The Morgan fingerprint density at radius 3 is 2.52 bits per heavy atom. The van der Waals surface area contributed by atoms with Crippen molar-refractivity contribution in [3.8, 4) is 5.75 Å². The topological polar surface area (TPSA) is 92.7 Å². The number of hydrogen-bond acceptors (Lipinski definition) is 4. The van der Waals surface area contributed by atoms with Gasteiger partial charge >= 0.3 is 12.1 Å². The average molecular weight is 494 g/mol. The number of carboxylic acid groups (broad SMARTS) is 1. The summed E-state index contributed by atoms with van der Waals surface area (Å²) in [5.74, 6) is -0.812. The molecule has 1 aliphatic carbocycles. The monoisotopic (exact) mass is 493 g/mol. The maximum absolute atomic E-state index is 13.3. The lowest BCUT2D eigenvalue weighted by atomic mass is 10.1. The Labute approximate surface area is 172 Å². The van der Waals surface area contributed by atoms with Crippen LogP contribution in [-0.4, -0.2) is 32.1 Å². The van der Waals surface area contributed by atoms with Crippen LogP contribution < -0.4 is 9.46 Å². The van der Waals surface area contributed by atoms with Gasteiger partial charge in [0.1, 0.15) is 5.75 Å². The number of rotatable bonds is 6. The lowest BCUT2D eigenvalue weighted by Gasteiger charge is -2.17. The number of fused-ring (bicyclic) bond motifs is 1. The molecule has 0 radical (unpaired) electrons. The maximum Gasteiger partial charge on any atom is 0.417 e. The Hall–Kier alpha value is -2.11. The van der Waals surface area contributed by atoms with E-state index < -0.39 is 45.3 Å². The van der Waals surface area contributed by atoms with E-state index >= 15 is 0 Å². The van der Waals surface area contributed by atoms with Gasteiger partial charge in [0.05, 0.1) is 10.5 Å². The Bertz CT molecular complexity index is 1060. The quantitative estimate of drug-likeness (QED) is 0.643. The van der Waals surface area contributed by atoms with Crippen LogP contribution >= 0.6 is 15.9 Å². The van der Waals surface area contributed by atoms with Crippen molar-refractivity contribution in [1.29, 1.82) is 0 Å². The second-order valence-corrected chi connectivity index (χ2v) is 9.08. The highest BCUT2D eigenvalue weighted by atomic mass is 79.9. The summed E-state index contributed by atoms with van der Waals surface area (Å²) in [6.45, 7) is -0.515. The van der Waals surface area contributed by atoms with Gasteiger partial charge in [-0.1, -0.05) is 22.0 Å². The van der Waals surface area contributed by atoms with Crippen LogP contribution in [0.3, 0.4) is 0 Å². The summed E-state index contributed by atoms with van der Waals surface area (Å²) in [7, 11) is -4.42. The van der Waals surface area contributed by atoms with Crippen LogP contribution in [0, 0.1) is 0 Å². The third-order valence-corrected chi connectivity index (χ3v) is 6.40. The van der Waals surface area contributed by atoms with Crippen molar-refractivity contribution in [3.63, 3.8) is 0 Å². The van der Waals surface area contributed by atoms with E-state index in [1.165, 1.54) is 6.07 Å². The number of ether oxygens (including phenoxy) is 1. The van der Waals surface area contributed by atoms with Crippen molar-refractivity contribution in [2.75, 3.05) is 6.61 Å². The van der Waals surface area contributed by atoms with E-state index in [1.807, 2.05) is 0 Å². The molecule has 0 bridgehead atoms. The molecule has 0 aromatic heterocycles. The van der Waals surface area contributed by atoms with Crippen LogP contribution in [0.1, 0.15) is 16.7 Å². The molecule has 0 amide bonds. The zero-order valence-electron chi connectivity index (χ0n) is 14.7. The molecule has 0 saturated heterocycles. The summed E-state index contributed by atoms with van der Waals surface area (Å²) in [5, 5.41) is 8.66. The molecule has 2 aromatic carbocycles. The van der Waals surface area contributed by atoms with Gasteiger partial charge in [0.2, 0.25) is 10.0 Å². The van der Waals surface area contributed by atoms with Gasteiger partial charge in [-0.3, -0.25) is 0 Å². The van der Waals surface area contributed by atoms with Crippen LogP contribution in [0.4, 0.5) is 13.2 Å². The number of hydrogen-bond donors (Lipinski definition) is 2. The number of alkyl halides is 3. The van der Waals surface area contributed by atoms with Gasteiger partial charge in [0.15, 0.2) is 6.61 Å². The molecule has 0 fully saturated rings. The number of carbonyl (C=O) groups is 1. The minimum absolute atomic E-state index is 0.117. The summed E-state index contributed by atoms with van der Waals surface area (Å²) in [4.78, 5) is 9.75. The predicted molar refractivity (Wildman–Crippen MR) is 100 cm³/mol. The first-order chi connectivity index (χ1) is 13.5. The Kier molecular flexibility index (Phi) is 5.93. The molecule has 2 N–H and O–H groups in total. The molecule has 6 nitrogen and oxygen atoms in total. The van der Waals surface area contributed by atoms with Gasteiger partial charge in [0, 0.05) is 10.5 Å².